The summed E-state index contributed by atoms with van der Waals surface area (Å²) in [6, 6.07) is 22.0. The fourth-order valence-corrected chi connectivity index (χ4v) is 2.77. The molecule has 0 aliphatic carbocycles. The molecule has 30 heavy (non-hydrogen) atoms. The van der Waals surface area contributed by atoms with Gasteiger partial charge in [0.2, 0.25) is 0 Å². The van der Waals surface area contributed by atoms with Crippen LogP contribution in [0.15, 0.2) is 83.0 Å². The molecule has 0 aromatic heterocycles. The van der Waals surface area contributed by atoms with Gasteiger partial charge in [-0.25, -0.2) is 10.9 Å². The third-order valence-corrected chi connectivity index (χ3v) is 4.48. The van der Waals surface area contributed by atoms with E-state index in [1.54, 1.807) is 24.6 Å². The first-order chi connectivity index (χ1) is 14.5. The Labute approximate surface area is 175 Å². The highest BCUT2D eigenvalue weighted by molar-refractivity contribution is 5.97. The second kappa shape index (κ2) is 9.93. The van der Waals surface area contributed by atoms with Crippen LogP contribution in [0.1, 0.15) is 43.0 Å². The van der Waals surface area contributed by atoms with E-state index < -0.39 is 0 Å². The van der Waals surface area contributed by atoms with E-state index in [-0.39, 0.29) is 11.8 Å². The van der Waals surface area contributed by atoms with Crippen LogP contribution in [0, 0.1) is 13.8 Å². The molecule has 0 heterocycles. The van der Waals surface area contributed by atoms with Gasteiger partial charge in [-0.3, -0.25) is 9.59 Å². The Morgan fingerprint density at radius 3 is 1.37 bits per heavy atom. The number of nitrogens with zero attached hydrogens (tertiary/aromatic N) is 2. The zero-order chi connectivity index (χ0) is 21.3. The minimum Gasteiger partial charge on any atom is -0.267 e. The van der Waals surface area contributed by atoms with Gasteiger partial charge in [-0.15, -0.1) is 0 Å². The number of carbonyl (C=O) groups excluding carboxylic acids is 2. The van der Waals surface area contributed by atoms with Crippen LogP contribution < -0.4 is 10.9 Å². The summed E-state index contributed by atoms with van der Waals surface area (Å²) >= 11 is 0. The first-order valence-corrected chi connectivity index (χ1v) is 9.43. The average molecular weight is 398 g/mol. The van der Waals surface area contributed by atoms with Gasteiger partial charge in [-0.1, -0.05) is 60.7 Å². The lowest BCUT2D eigenvalue weighted by atomic mass is 10.1. The Balaban J connectivity index is 1.53. The predicted molar refractivity (Wildman–Crippen MR) is 119 cm³/mol. The Kier molecular flexibility index (Phi) is 6.84. The van der Waals surface area contributed by atoms with Crippen molar-refractivity contribution in [3.8, 4) is 0 Å². The zero-order valence-corrected chi connectivity index (χ0v) is 16.8. The molecule has 150 valence electrons. The van der Waals surface area contributed by atoms with Gasteiger partial charge in [0.1, 0.15) is 0 Å². The molecule has 0 saturated carbocycles. The van der Waals surface area contributed by atoms with Crippen molar-refractivity contribution in [3.05, 3.63) is 106 Å². The van der Waals surface area contributed by atoms with E-state index in [9.17, 15) is 9.59 Å². The van der Waals surface area contributed by atoms with Crippen molar-refractivity contribution >= 4 is 24.2 Å². The van der Waals surface area contributed by atoms with Crippen LogP contribution in [0.3, 0.4) is 0 Å². The Hall–Kier alpha value is -4.06. The van der Waals surface area contributed by atoms with Gasteiger partial charge in [0.25, 0.3) is 11.8 Å². The third-order valence-electron chi connectivity index (χ3n) is 4.48. The molecule has 0 saturated heterocycles. The Bertz CT molecular complexity index is 1010. The highest BCUT2D eigenvalue weighted by Gasteiger charge is 2.07. The molecule has 0 atom stereocenters. The molecule has 3 rings (SSSR count). The molecule has 3 aromatic rings. The Morgan fingerprint density at radius 2 is 1.00 bits per heavy atom. The van der Waals surface area contributed by atoms with Crippen LogP contribution in [0.4, 0.5) is 0 Å². The molecule has 0 spiro atoms. The maximum atomic E-state index is 12.1. The molecule has 6 nitrogen and oxygen atoms in total. The molecule has 0 unspecified atom stereocenters. The van der Waals surface area contributed by atoms with E-state index in [1.807, 2.05) is 74.5 Å². The van der Waals surface area contributed by atoms with Crippen LogP contribution in [0.5, 0.6) is 0 Å². The van der Waals surface area contributed by atoms with E-state index >= 15 is 0 Å². The van der Waals surface area contributed by atoms with E-state index in [0.29, 0.717) is 11.1 Å². The number of amides is 2. The second-order valence-corrected chi connectivity index (χ2v) is 6.69. The molecule has 2 N–H and O–H groups in total. The van der Waals surface area contributed by atoms with Gasteiger partial charge in [-0.05, 0) is 48.2 Å². The summed E-state index contributed by atoms with van der Waals surface area (Å²) in [7, 11) is 0. The van der Waals surface area contributed by atoms with E-state index in [0.717, 1.165) is 22.3 Å². The summed E-state index contributed by atoms with van der Waals surface area (Å²) in [5.74, 6) is -0.505. The van der Waals surface area contributed by atoms with Gasteiger partial charge in [-0.2, -0.15) is 10.2 Å². The molecule has 0 bridgehead atoms. The van der Waals surface area contributed by atoms with Crippen LogP contribution >= 0.6 is 0 Å². The monoisotopic (exact) mass is 398 g/mol. The summed E-state index contributed by atoms with van der Waals surface area (Å²) in [6.45, 7) is 3.75. The third kappa shape index (κ3) is 5.48. The number of hydrogen-bond donors (Lipinski definition) is 2. The van der Waals surface area contributed by atoms with Gasteiger partial charge >= 0.3 is 0 Å². The quantitative estimate of drug-likeness (QED) is 0.489. The van der Waals surface area contributed by atoms with Gasteiger partial charge in [0.05, 0.1) is 12.4 Å². The van der Waals surface area contributed by atoms with Crippen molar-refractivity contribution < 1.29 is 9.59 Å². The number of hydrogen-bond acceptors (Lipinski definition) is 4. The lowest BCUT2D eigenvalue weighted by Crippen LogP contribution is -2.18. The number of rotatable bonds is 6. The lowest BCUT2D eigenvalue weighted by Gasteiger charge is -2.03. The zero-order valence-electron chi connectivity index (χ0n) is 16.8. The van der Waals surface area contributed by atoms with E-state index in [2.05, 4.69) is 21.1 Å². The largest absolute Gasteiger partial charge is 0.271 e. The van der Waals surface area contributed by atoms with Crippen molar-refractivity contribution in [3.63, 3.8) is 0 Å². The summed E-state index contributed by atoms with van der Waals surface area (Å²) in [4.78, 5) is 24.3. The maximum absolute atomic E-state index is 12.1. The van der Waals surface area contributed by atoms with Gasteiger partial charge in [0, 0.05) is 11.1 Å². The van der Waals surface area contributed by atoms with Crippen molar-refractivity contribution in [2.75, 3.05) is 0 Å². The van der Waals surface area contributed by atoms with E-state index in [4.69, 9.17) is 0 Å². The second-order valence-electron chi connectivity index (χ2n) is 6.69. The SMILES string of the molecule is Cc1ccccc1C(=O)NN=Cc1ccc(C=NNC(=O)c2ccccc2C)cc1. The first-order valence-electron chi connectivity index (χ1n) is 9.43. The Morgan fingerprint density at radius 1 is 0.633 bits per heavy atom. The standard InChI is InChI=1S/C24H22N4O2/c1-17-7-3-5-9-21(17)23(29)27-25-15-19-11-13-20(14-12-19)16-26-28-24(30)22-10-6-4-8-18(22)2/h3-16H,1-2H3,(H,27,29)(H,28,30). The smallest absolute Gasteiger partial charge is 0.267 e. The van der Waals surface area contributed by atoms with Crippen molar-refractivity contribution in [2.45, 2.75) is 13.8 Å². The minimum atomic E-state index is -0.252. The topological polar surface area (TPSA) is 82.9 Å². The number of carbonyl (C=O) groups is 2. The van der Waals surface area contributed by atoms with Crippen LogP contribution in [-0.2, 0) is 0 Å². The summed E-state index contributed by atoms with van der Waals surface area (Å²) in [5, 5.41) is 8.00. The van der Waals surface area contributed by atoms with Crippen molar-refractivity contribution in [1.82, 2.24) is 10.9 Å². The highest BCUT2D eigenvalue weighted by atomic mass is 16.2. The number of aryl methyl sites for hydroxylation is 2. The van der Waals surface area contributed by atoms with Gasteiger partial charge in [0.15, 0.2) is 0 Å². The predicted octanol–water partition coefficient (Wildman–Crippen LogP) is 3.83. The molecular formula is C24H22N4O2. The maximum Gasteiger partial charge on any atom is 0.271 e. The number of benzene rings is 3. The molecule has 3 aromatic carbocycles. The summed E-state index contributed by atoms with van der Waals surface area (Å²) < 4.78 is 0. The molecule has 0 aliphatic heterocycles. The van der Waals surface area contributed by atoms with Crippen molar-refractivity contribution in [2.24, 2.45) is 10.2 Å². The average Bonchev–Trinajstić information content (AvgIpc) is 2.75. The molecule has 2 amide bonds. The summed E-state index contributed by atoms with van der Waals surface area (Å²) in [5.41, 5.74) is 9.66. The van der Waals surface area contributed by atoms with E-state index in [1.165, 1.54) is 0 Å². The summed E-state index contributed by atoms with van der Waals surface area (Å²) in [6.07, 6.45) is 3.13. The van der Waals surface area contributed by atoms with Crippen LogP contribution in [0.25, 0.3) is 0 Å². The van der Waals surface area contributed by atoms with Crippen LogP contribution in [-0.4, -0.2) is 24.2 Å². The fourth-order valence-electron chi connectivity index (χ4n) is 2.77. The molecule has 0 fully saturated rings. The normalized spacial score (nSPS) is 11.0. The highest BCUT2D eigenvalue weighted by Crippen LogP contribution is 2.07. The van der Waals surface area contributed by atoms with Crippen LogP contribution in [0.2, 0.25) is 0 Å². The molecule has 0 aliphatic rings. The number of hydrazone groups is 2. The lowest BCUT2D eigenvalue weighted by molar-refractivity contribution is 0.0946. The molecule has 0 radical (unpaired) electrons. The van der Waals surface area contributed by atoms with Crippen molar-refractivity contribution in [1.29, 1.82) is 0 Å². The first kappa shape index (κ1) is 20.7. The number of nitrogens with one attached hydrogen (secondary N) is 2. The van der Waals surface area contributed by atoms with Gasteiger partial charge < -0.3 is 0 Å². The molecule has 6 heteroatoms. The molecular weight excluding hydrogens is 376 g/mol. The fraction of sp³-hybridized carbons (Fsp3) is 0.0833. The minimum absolute atomic E-state index is 0.252.